The third kappa shape index (κ3) is 50.6. The quantitative estimate of drug-likeness (QED) is 0.346. The molecule has 0 unspecified atom stereocenters. The Labute approximate surface area is 96.9 Å². The molecular formula is C6H13NO8P2. The Morgan fingerprint density at radius 3 is 1.47 bits per heavy atom. The maximum atomic E-state index is 8.88. The zero-order valence-electron chi connectivity index (χ0n) is 8.65. The molecule has 0 fully saturated rings. The van der Waals surface area contributed by atoms with E-state index in [0.717, 1.165) is 0 Å². The normalized spacial score (nSPS) is 10.5. The van der Waals surface area contributed by atoms with Gasteiger partial charge in [-0.15, -0.1) is 0 Å². The van der Waals surface area contributed by atoms with Gasteiger partial charge in [0.1, 0.15) is 0 Å². The number of nitrogens with zero attached hydrogens (tertiary/aromatic N) is 1. The van der Waals surface area contributed by atoms with Gasteiger partial charge in [0.25, 0.3) is 0 Å². The zero-order chi connectivity index (χ0) is 14.1. The van der Waals surface area contributed by atoms with Crippen LogP contribution in [0.4, 0.5) is 0 Å². The van der Waals surface area contributed by atoms with Crippen LogP contribution in [0, 0.1) is 6.92 Å². The van der Waals surface area contributed by atoms with Crippen molar-refractivity contribution in [2.75, 3.05) is 0 Å². The number of phosphoric acid groups is 2. The van der Waals surface area contributed by atoms with E-state index >= 15 is 0 Å². The van der Waals surface area contributed by atoms with E-state index in [-0.39, 0.29) is 0 Å². The molecule has 0 amide bonds. The van der Waals surface area contributed by atoms with Gasteiger partial charge < -0.3 is 29.4 Å². The first-order valence-electron chi connectivity index (χ1n) is 3.83. The van der Waals surface area contributed by atoms with Crippen LogP contribution >= 0.6 is 15.6 Å². The summed E-state index contributed by atoms with van der Waals surface area (Å²) < 4.78 is 17.8. The first-order chi connectivity index (χ1) is 7.39. The number of aromatic nitrogens is 1. The maximum absolute atomic E-state index is 8.88. The molecule has 0 atom stereocenters. The Kier molecular flexibility index (Phi) is 9.32. The molecule has 0 aliphatic carbocycles. The third-order valence-electron chi connectivity index (χ3n) is 0.809. The predicted octanol–water partition coefficient (Wildman–Crippen LogP) is -0.467. The largest absolute Gasteiger partial charge is 0.466 e. The summed E-state index contributed by atoms with van der Waals surface area (Å²) in [6.07, 6.45) is 3.60. The molecule has 0 bridgehead atoms. The minimum Gasteiger partial charge on any atom is -0.303 e. The third-order valence-corrected chi connectivity index (χ3v) is 0.809. The molecule has 1 rings (SSSR count). The highest BCUT2D eigenvalue weighted by molar-refractivity contribution is 7.45. The van der Waals surface area contributed by atoms with Crippen molar-refractivity contribution >= 4 is 15.6 Å². The molecule has 9 nitrogen and oxygen atoms in total. The molecule has 100 valence electrons. The fourth-order valence-corrected chi connectivity index (χ4v) is 0.448. The van der Waals surface area contributed by atoms with Crippen LogP contribution in [0.1, 0.15) is 5.56 Å². The van der Waals surface area contributed by atoms with Gasteiger partial charge in [0.15, 0.2) is 0 Å². The topological polar surface area (TPSA) is 168 Å². The summed E-state index contributed by atoms with van der Waals surface area (Å²) in [5.41, 5.74) is 1.21. The van der Waals surface area contributed by atoms with E-state index in [0.29, 0.717) is 0 Å². The van der Waals surface area contributed by atoms with Gasteiger partial charge in [-0.2, -0.15) is 0 Å². The molecule has 17 heavy (non-hydrogen) atoms. The molecular weight excluding hydrogens is 276 g/mol. The average molecular weight is 289 g/mol. The Hall–Kier alpha value is -0.630. The summed E-state index contributed by atoms with van der Waals surface area (Å²) in [5, 5.41) is 0. The Balaban J connectivity index is 0. The number of rotatable bonds is 0. The fourth-order valence-electron chi connectivity index (χ4n) is 0.448. The first-order valence-corrected chi connectivity index (χ1v) is 6.96. The second-order valence-corrected chi connectivity index (χ2v) is 4.61. The lowest BCUT2D eigenvalue weighted by atomic mass is 10.3. The highest BCUT2D eigenvalue weighted by atomic mass is 31.2. The van der Waals surface area contributed by atoms with Crippen LogP contribution < -0.4 is 0 Å². The summed E-state index contributed by atoms with van der Waals surface area (Å²) in [4.78, 5) is 47.0. The van der Waals surface area contributed by atoms with E-state index in [1.54, 1.807) is 6.20 Å². The molecule has 1 heterocycles. The smallest absolute Gasteiger partial charge is 0.303 e. The van der Waals surface area contributed by atoms with Crippen molar-refractivity contribution in [3.8, 4) is 0 Å². The van der Waals surface area contributed by atoms with Gasteiger partial charge in [-0.25, -0.2) is 9.13 Å². The maximum Gasteiger partial charge on any atom is 0.466 e. The number of aryl methyl sites for hydroxylation is 1. The summed E-state index contributed by atoms with van der Waals surface area (Å²) in [7, 11) is -9.28. The lowest BCUT2D eigenvalue weighted by Crippen LogP contribution is -1.69. The van der Waals surface area contributed by atoms with E-state index in [1.807, 2.05) is 25.3 Å². The van der Waals surface area contributed by atoms with E-state index < -0.39 is 15.6 Å². The Morgan fingerprint density at radius 2 is 1.35 bits per heavy atom. The lowest BCUT2D eigenvalue weighted by Gasteiger charge is -1.82. The number of pyridine rings is 1. The van der Waals surface area contributed by atoms with Crippen LogP contribution in [0.25, 0.3) is 0 Å². The SMILES string of the molecule is Cc1cccnc1.O=P(O)(O)O.O=P(O)(O)O. The molecule has 0 spiro atoms. The van der Waals surface area contributed by atoms with Crippen molar-refractivity contribution in [2.45, 2.75) is 6.92 Å². The van der Waals surface area contributed by atoms with Gasteiger partial charge in [-0.3, -0.25) is 4.98 Å². The van der Waals surface area contributed by atoms with Crippen LogP contribution in [0.3, 0.4) is 0 Å². The molecule has 0 saturated heterocycles. The monoisotopic (exact) mass is 289 g/mol. The molecule has 0 radical (unpaired) electrons. The minimum atomic E-state index is -4.64. The molecule has 11 heteroatoms. The van der Waals surface area contributed by atoms with E-state index in [1.165, 1.54) is 5.56 Å². The van der Waals surface area contributed by atoms with Crippen molar-refractivity contribution in [1.82, 2.24) is 4.98 Å². The van der Waals surface area contributed by atoms with Crippen LogP contribution in [0.5, 0.6) is 0 Å². The van der Waals surface area contributed by atoms with Crippen LogP contribution in [-0.4, -0.2) is 34.3 Å². The molecule has 1 aromatic rings. The minimum absolute atomic E-state index is 1.21. The second kappa shape index (κ2) is 8.46. The zero-order valence-corrected chi connectivity index (χ0v) is 10.4. The Bertz CT molecular complexity index is 348. The van der Waals surface area contributed by atoms with Crippen molar-refractivity contribution < 1.29 is 38.5 Å². The lowest BCUT2D eigenvalue weighted by molar-refractivity contribution is 0.272. The van der Waals surface area contributed by atoms with Gasteiger partial charge in [-0.05, 0) is 18.6 Å². The second-order valence-electron chi connectivity index (χ2n) is 2.56. The highest BCUT2D eigenvalue weighted by Gasteiger charge is 2.00. The summed E-state index contributed by atoms with van der Waals surface area (Å²) >= 11 is 0. The predicted molar refractivity (Wildman–Crippen MR) is 57.5 cm³/mol. The molecule has 0 aliphatic heterocycles. The van der Waals surface area contributed by atoms with Gasteiger partial charge in [0.05, 0.1) is 0 Å². The van der Waals surface area contributed by atoms with Crippen molar-refractivity contribution in [1.29, 1.82) is 0 Å². The van der Waals surface area contributed by atoms with Crippen molar-refractivity contribution in [3.63, 3.8) is 0 Å². The van der Waals surface area contributed by atoms with Gasteiger partial charge in [0.2, 0.25) is 0 Å². The van der Waals surface area contributed by atoms with Crippen molar-refractivity contribution in [3.05, 3.63) is 30.1 Å². The highest BCUT2D eigenvalue weighted by Crippen LogP contribution is 2.26. The van der Waals surface area contributed by atoms with Crippen LogP contribution in [0.2, 0.25) is 0 Å². The molecule has 0 aliphatic rings. The molecule has 6 N–H and O–H groups in total. The van der Waals surface area contributed by atoms with Gasteiger partial charge >= 0.3 is 15.6 Å². The standard InChI is InChI=1S/C6H7N.2H3O4P/c1-6-3-2-4-7-5-6;2*1-5(2,3)4/h2-5H,1H3;2*(H3,1,2,3,4). The van der Waals surface area contributed by atoms with E-state index in [4.69, 9.17) is 38.5 Å². The summed E-state index contributed by atoms with van der Waals surface area (Å²) in [6, 6.07) is 3.95. The first kappa shape index (κ1) is 18.7. The number of hydrogen-bond acceptors (Lipinski definition) is 3. The summed E-state index contributed by atoms with van der Waals surface area (Å²) in [6.45, 7) is 2.02. The van der Waals surface area contributed by atoms with Crippen molar-refractivity contribution in [2.24, 2.45) is 0 Å². The number of hydrogen-bond donors (Lipinski definition) is 6. The fraction of sp³-hybridized carbons (Fsp3) is 0.167. The molecule has 0 saturated carbocycles. The molecule has 1 aromatic heterocycles. The summed E-state index contributed by atoms with van der Waals surface area (Å²) in [5.74, 6) is 0. The average Bonchev–Trinajstić information content (AvgIpc) is 1.98. The molecule has 0 aromatic carbocycles. The van der Waals surface area contributed by atoms with Crippen LogP contribution in [0.15, 0.2) is 24.5 Å². The van der Waals surface area contributed by atoms with E-state index in [2.05, 4.69) is 4.98 Å². The van der Waals surface area contributed by atoms with Gasteiger partial charge in [0, 0.05) is 12.4 Å². The van der Waals surface area contributed by atoms with Crippen LogP contribution in [-0.2, 0) is 9.13 Å². The van der Waals surface area contributed by atoms with E-state index in [9.17, 15) is 0 Å². The Morgan fingerprint density at radius 1 is 1.00 bits per heavy atom. The van der Waals surface area contributed by atoms with Gasteiger partial charge in [-0.1, -0.05) is 6.07 Å².